The van der Waals surface area contributed by atoms with Gasteiger partial charge in [-0.3, -0.25) is 0 Å². The summed E-state index contributed by atoms with van der Waals surface area (Å²) in [5.74, 6) is 0. The summed E-state index contributed by atoms with van der Waals surface area (Å²) in [6, 6.07) is -0.136. The number of thiazole rings is 1. The number of hydrogen-bond donors (Lipinski definition) is 1. The molecule has 1 N–H and O–H groups in total. The highest BCUT2D eigenvalue weighted by atomic mass is 32.2. The minimum absolute atomic E-state index is 0.136. The molecule has 23 heavy (non-hydrogen) atoms. The molecule has 0 saturated carbocycles. The van der Waals surface area contributed by atoms with Crippen LogP contribution >= 0.6 is 11.3 Å². The highest BCUT2D eigenvalue weighted by Gasteiger charge is 2.39. The zero-order valence-corrected chi connectivity index (χ0v) is 18.6. The van der Waals surface area contributed by atoms with Crippen LogP contribution in [0.1, 0.15) is 57.5 Å². The lowest BCUT2D eigenvalue weighted by Gasteiger charge is -2.37. The van der Waals surface area contributed by atoms with Gasteiger partial charge in [0.2, 0.25) is 0 Å². The molecule has 1 aromatic rings. The molecule has 0 aromatic carbocycles. The molecule has 1 rings (SSSR count). The number of nitrogens with zero attached hydrogens (tertiary/aromatic N) is 1. The number of rotatable bonds is 6. The Labute approximate surface area is 149 Å². The highest BCUT2D eigenvalue weighted by Crippen LogP contribution is 2.37. The van der Waals surface area contributed by atoms with Crippen molar-refractivity contribution in [2.45, 2.75) is 77.4 Å². The van der Waals surface area contributed by atoms with Gasteiger partial charge in [-0.05, 0) is 45.8 Å². The first-order chi connectivity index (χ1) is 10.2. The van der Waals surface area contributed by atoms with E-state index in [1.165, 1.54) is 0 Å². The van der Waals surface area contributed by atoms with Crippen LogP contribution in [0.3, 0.4) is 0 Å². The fourth-order valence-corrected chi connectivity index (χ4v) is 4.20. The number of nitrogens with one attached hydrogen (secondary N) is 1. The first kappa shape index (κ1) is 21.1. The summed E-state index contributed by atoms with van der Waals surface area (Å²) in [6.45, 7) is 19.6. The van der Waals surface area contributed by atoms with Crippen LogP contribution in [0.2, 0.25) is 18.1 Å². The van der Waals surface area contributed by atoms with Gasteiger partial charge in [-0.15, -0.1) is 16.1 Å². The SMILES string of the molecule is Cc1cnc([C@H](CO[Si](C)(C)C(C)(C)C)N[S+]([O-])C(C)(C)C)s1. The quantitative estimate of drug-likeness (QED) is 0.584. The minimum Gasteiger partial charge on any atom is -0.598 e. The van der Waals surface area contributed by atoms with Gasteiger partial charge in [0.25, 0.3) is 0 Å². The Hall–Kier alpha value is 0.0769. The Bertz CT molecular complexity index is 507. The molecule has 1 unspecified atom stereocenters. The van der Waals surface area contributed by atoms with E-state index >= 15 is 0 Å². The van der Waals surface area contributed by atoms with Gasteiger partial charge in [-0.2, -0.15) is 0 Å². The van der Waals surface area contributed by atoms with Crippen LogP contribution < -0.4 is 4.72 Å². The summed E-state index contributed by atoms with van der Waals surface area (Å²) in [4.78, 5) is 5.62. The summed E-state index contributed by atoms with van der Waals surface area (Å²) in [7, 11) is -1.85. The zero-order valence-electron chi connectivity index (χ0n) is 15.9. The maximum Gasteiger partial charge on any atom is 0.192 e. The van der Waals surface area contributed by atoms with E-state index in [9.17, 15) is 4.55 Å². The number of aromatic nitrogens is 1. The summed E-state index contributed by atoms with van der Waals surface area (Å²) in [5.41, 5.74) is 0. The summed E-state index contributed by atoms with van der Waals surface area (Å²) in [6.07, 6.45) is 1.86. The fourth-order valence-electron chi connectivity index (χ4n) is 1.50. The van der Waals surface area contributed by atoms with Crippen LogP contribution in [0.15, 0.2) is 6.20 Å². The third kappa shape index (κ3) is 6.14. The lowest BCUT2D eigenvalue weighted by Crippen LogP contribution is -2.46. The second kappa shape index (κ2) is 7.54. The molecule has 0 radical (unpaired) electrons. The maximum atomic E-state index is 12.5. The topological polar surface area (TPSA) is 57.2 Å². The standard InChI is InChI=1S/C16H32N2O2S2Si/c1-12-10-17-14(21-12)13(18-22(19)15(2,3)4)11-20-23(8,9)16(5,6)7/h10,13,18H,11H2,1-9H3/t13-,22?/m0/s1. The second-order valence-corrected chi connectivity index (χ2v) is 16.5. The van der Waals surface area contributed by atoms with Crippen LogP contribution in [0.5, 0.6) is 0 Å². The summed E-state index contributed by atoms with van der Waals surface area (Å²) >= 11 is 0.478. The normalized spacial score (nSPS) is 16.4. The van der Waals surface area contributed by atoms with E-state index in [-0.39, 0.29) is 15.8 Å². The molecule has 0 amide bonds. The molecular weight excluding hydrogens is 344 g/mol. The maximum absolute atomic E-state index is 12.5. The van der Waals surface area contributed by atoms with Crippen molar-refractivity contribution in [2.75, 3.05) is 6.61 Å². The molecule has 0 aliphatic heterocycles. The third-order valence-electron chi connectivity index (χ3n) is 4.16. The van der Waals surface area contributed by atoms with Crippen molar-refractivity contribution in [3.05, 3.63) is 16.1 Å². The molecule has 134 valence electrons. The molecule has 1 heterocycles. The third-order valence-corrected chi connectivity index (χ3v) is 11.3. The lowest BCUT2D eigenvalue weighted by atomic mass is 10.2. The van der Waals surface area contributed by atoms with Gasteiger partial charge < -0.3 is 8.98 Å². The van der Waals surface area contributed by atoms with Gasteiger partial charge in [-0.1, -0.05) is 20.8 Å². The van der Waals surface area contributed by atoms with Gasteiger partial charge in [0, 0.05) is 22.4 Å². The van der Waals surface area contributed by atoms with Crippen molar-refractivity contribution in [3.63, 3.8) is 0 Å². The van der Waals surface area contributed by atoms with E-state index in [1.54, 1.807) is 11.3 Å². The molecule has 0 bridgehead atoms. The number of aryl methyl sites for hydroxylation is 1. The molecule has 0 fully saturated rings. The molecule has 7 heteroatoms. The van der Waals surface area contributed by atoms with E-state index in [0.29, 0.717) is 6.61 Å². The smallest absolute Gasteiger partial charge is 0.192 e. The average molecular weight is 377 g/mol. The summed E-state index contributed by atoms with van der Waals surface area (Å²) < 4.78 is 21.8. The van der Waals surface area contributed by atoms with E-state index < -0.39 is 19.7 Å². The monoisotopic (exact) mass is 376 g/mol. The molecule has 0 aliphatic rings. The van der Waals surface area contributed by atoms with Crippen LogP contribution in [-0.2, 0) is 15.8 Å². The molecule has 0 saturated heterocycles. The fraction of sp³-hybridized carbons (Fsp3) is 0.812. The van der Waals surface area contributed by atoms with Crippen molar-refractivity contribution in [3.8, 4) is 0 Å². The largest absolute Gasteiger partial charge is 0.598 e. The van der Waals surface area contributed by atoms with Crippen LogP contribution in [0.4, 0.5) is 0 Å². The highest BCUT2D eigenvalue weighted by molar-refractivity contribution is 7.90. The van der Waals surface area contributed by atoms with Crippen molar-refractivity contribution in [1.29, 1.82) is 0 Å². The van der Waals surface area contributed by atoms with Crippen molar-refractivity contribution in [1.82, 2.24) is 9.71 Å². The van der Waals surface area contributed by atoms with E-state index in [1.807, 2.05) is 33.9 Å². The molecule has 4 nitrogen and oxygen atoms in total. The average Bonchev–Trinajstić information content (AvgIpc) is 2.78. The Morgan fingerprint density at radius 2 is 1.87 bits per heavy atom. The van der Waals surface area contributed by atoms with Crippen molar-refractivity contribution < 1.29 is 8.98 Å². The van der Waals surface area contributed by atoms with Crippen molar-refractivity contribution >= 4 is 31.0 Å². The first-order valence-corrected chi connectivity index (χ1v) is 12.9. The predicted octanol–water partition coefficient (Wildman–Crippen LogP) is 4.57. The second-order valence-electron chi connectivity index (χ2n) is 8.43. The van der Waals surface area contributed by atoms with Gasteiger partial charge in [0.05, 0.1) is 6.61 Å². The molecule has 1 aromatic heterocycles. The first-order valence-electron chi connectivity index (χ1n) is 7.98. The lowest BCUT2D eigenvalue weighted by molar-refractivity contribution is 0.256. The Morgan fingerprint density at radius 1 is 1.30 bits per heavy atom. The molecular formula is C16H32N2O2S2Si. The van der Waals surface area contributed by atoms with E-state index in [4.69, 9.17) is 4.43 Å². The van der Waals surface area contributed by atoms with Crippen LogP contribution in [0.25, 0.3) is 0 Å². The van der Waals surface area contributed by atoms with Gasteiger partial charge >= 0.3 is 0 Å². The molecule has 0 aliphatic carbocycles. The predicted molar refractivity (Wildman–Crippen MR) is 104 cm³/mol. The Balaban J connectivity index is 2.89. The molecule has 2 atom stereocenters. The summed E-state index contributed by atoms with van der Waals surface area (Å²) in [5, 5.41) is 1.10. The van der Waals surface area contributed by atoms with E-state index in [2.05, 4.69) is 43.6 Å². The Kier molecular flexibility index (Phi) is 6.92. The van der Waals surface area contributed by atoms with Crippen molar-refractivity contribution in [2.24, 2.45) is 0 Å². The Morgan fingerprint density at radius 3 is 2.26 bits per heavy atom. The van der Waals surface area contributed by atoms with Gasteiger partial charge in [0.15, 0.2) is 8.32 Å². The van der Waals surface area contributed by atoms with E-state index in [0.717, 1.165) is 9.88 Å². The zero-order chi connectivity index (χ0) is 18.1. The van der Waals surface area contributed by atoms with Crippen LogP contribution in [0, 0.1) is 6.92 Å². The van der Waals surface area contributed by atoms with Gasteiger partial charge in [0.1, 0.15) is 15.8 Å². The van der Waals surface area contributed by atoms with Crippen LogP contribution in [-0.4, -0.2) is 29.2 Å². The van der Waals surface area contributed by atoms with Gasteiger partial charge in [-0.25, -0.2) is 4.98 Å². The molecule has 0 spiro atoms. The number of hydrogen-bond acceptors (Lipinski definition) is 5. The minimum atomic E-state index is -1.85.